The number of amides is 1. The monoisotopic (exact) mass is 348 g/mol. The summed E-state index contributed by atoms with van der Waals surface area (Å²) in [5.74, 6) is 0.640. The molecular weight excluding hydrogens is 324 g/mol. The fraction of sp³-hybridized carbons (Fsp3) is 0.412. The SMILES string of the molecule is COc1cccc(C(CNC(=O)c2csc(CCN)n2)N(C)C)c1. The van der Waals surface area contributed by atoms with Gasteiger partial charge in [0.05, 0.1) is 18.2 Å². The number of nitrogens with one attached hydrogen (secondary N) is 1. The number of likely N-dealkylation sites (N-methyl/N-ethyl adjacent to an activating group) is 1. The molecule has 0 radical (unpaired) electrons. The van der Waals surface area contributed by atoms with Gasteiger partial charge in [-0.3, -0.25) is 4.79 Å². The quantitative estimate of drug-likeness (QED) is 0.759. The first kappa shape index (κ1) is 18.4. The molecule has 2 aromatic rings. The first-order valence-electron chi connectivity index (χ1n) is 7.78. The maximum absolute atomic E-state index is 12.3. The summed E-state index contributed by atoms with van der Waals surface area (Å²) >= 11 is 1.47. The summed E-state index contributed by atoms with van der Waals surface area (Å²) in [6.07, 6.45) is 0.697. The zero-order valence-corrected chi connectivity index (χ0v) is 15.1. The molecule has 3 N–H and O–H groups in total. The van der Waals surface area contributed by atoms with Crippen molar-refractivity contribution >= 4 is 17.2 Å². The van der Waals surface area contributed by atoms with Gasteiger partial charge in [-0.05, 0) is 38.3 Å². The molecule has 1 amide bonds. The lowest BCUT2D eigenvalue weighted by Crippen LogP contribution is -2.34. The fourth-order valence-electron chi connectivity index (χ4n) is 2.38. The number of hydrogen-bond donors (Lipinski definition) is 2. The van der Waals surface area contributed by atoms with Crippen LogP contribution in [0.2, 0.25) is 0 Å². The van der Waals surface area contributed by atoms with Gasteiger partial charge in [0.2, 0.25) is 0 Å². The predicted molar refractivity (Wildman–Crippen MR) is 96.6 cm³/mol. The summed E-state index contributed by atoms with van der Waals surface area (Å²) in [5.41, 5.74) is 7.05. The Balaban J connectivity index is 2.03. The smallest absolute Gasteiger partial charge is 0.270 e. The Labute approximate surface area is 146 Å². The van der Waals surface area contributed by atoms with Gasteiger partial charge in [-0.1, -0.05) is 12.1 Å². The molecule has 2 rings (SSSR count). The summed E-state index contributed by atoms with van der Waals surface area (Å²) in [6.45, 7) is 1.02. The topological polar surface area (TPSA) is 80.5 Å². The van der Waals surface area contributed by atoms with Crippen LogP contribution in [0.4, 0.5) is 0 Å². The third-order valence-electron chi connectivity index (χ3n) is 3.70. The van der Waals surface area contributed by atoms with Gasteiger partial charge in [-0.25, -0.2) is 4.98 Å². The molecule has 130 valence electrons. The van der Waals surface area contributed by atoms with E-state index in [4.69, 9.17) is 10.5 Å². The Hall–Kier alpha value is -1.96. The number of ether oxygens (including phenoxy) is 1. The van der Waals surface area contributed by atoms with E-state index in [9.17, 15) is 4.79 Å². The van der Waals surface area contributed by atoms with Gasteiger partial charge in [0.15, 0.2) is 0 Å². The van der Waals surface area contributed by atoms with Crippen molar-refractivity contribution in [2.45, 2.75) is 12.5 Å². The number of nitrogens with zero attached hydrogens (tertiary/aromatic N) is 2. The lowest BCUT2D eigenvalue weighted by molar-refractivity contribution is 0.0937. The summed E-state index contributed by atoms with van der Waals surface area (Å²) < 4.78 is 5.28. The second-order valence-corrected chi connectivity index (χ2v) is 6.57. The molecule has 0 saturated heterocycles. The van der Waals surface area contributed by atoms with Crippen molar-refractivity contribution < 1.29 is 9.53 Å². The van der Waals surface area contributed by atoms with E-state index in [1.807, 2.05) is 38.4 Å². The molecule has 1 atom stereocenters. The zero-order chi connectivity index (χ0) is 17.5. The van der Waals surface area contributed by atoms with E-state index in [1.54, 1.807) is 12.5 Å². The Kier molecular flexibility index (Phi) is 6.72. The van der Waals surface area contributed by atoms with Crippen molar-refractivity contribution in [2.24, 2.45) is 5.73 Å². The molecule has 1 heterocycles. The molecule has 0 aliphatic carbocycles. The molecule has 0 aliphatic heterocycles. The highest BCUT2D eigenvalue weighted by Crippen LogP contribution is 2.22. The van der Waals surface area contributed by atoms with Gasteiger partial charge in [0.25, 0.3) is 5.91 Å². The van der Waals surface area contributed by atoms with E-state index < -0.39 is 0 Å². The maximum atomic E-state index is 12.3. The van der Waals surface area contributed by atoms with Gasteiger partial charge in [0.1, 0.15) is 11.4 Å². The molecule has 0 spiro atoms. The summed E-state index contributed by atoms with van der Waals surface area (Å²) in [7, 11) is 5.61. The minimum absolute atomic E-state index is 0.0474. The molecule has 1 aromatic carbocycles. The van der Waals surface area contributed by atoms with Gasteiger partial charge in [-0.15, -0.1) is 11.3 Å². The van der Waals surface area contributed by atoms with E-state index >= 15 is 0 Å². The zero-order valence-electron chi connectivity index (χ0n) is 14.3. The maximum Gasteiger partial charge on any atom is 0.270 e. The number of hydrogen-bond acceptors (Lipinski definition) is 6. The molecule has 24 heavy (non-hydrogen) atoms. The molecule has 0 fully saturated rings. The van der Waals surface area contributed by atoms with Crippen LogP contribution in [0.5, 0.6) is 5.75 Å². The molecule has 1 unspecified atom stereocenters. The van der Waals surface area contributed by atoms with Crippen LogP contribution < -0.4 is 15.8 Å². The van der Waals surface area contributed by atoms with E-state index in [1.165, 1.54) is 11.3 Å². The lowest BCUT2D eigenvalue weighted by Gasteiger charge is -2.25. The van der Waals surface area contributed by atoms with Crippen LogP contribution in [0.15, 0.2) is 29.6 Å². The molecule has 1 aromatic heterocycles. The van der Waals surface area contributed by atoms with E-state index in [0.717, 1.165) is 16.3 Å². The lowest BCUT2D eigenvalue weighted by atomic mass is 10.1. The highest BCUT2D eigenvalue weighted by Gasteiger charge is 2.17. The Morgan fingerprint density at radius 2 is 2.25 bits per heavy atom. The second-order valence-electron chi connectivity index (χ2n) is 5.63. The first-order valence-corrected chi connectivity index (χ1v) is 8.66. The minimum atomic E-state index is -0.163. The molecular formula is C17H24N4O2S. The predicted octanol–water partition coefficient (Wildman–Crippen LogP) is 1.69. The number of carbonyl (C=O) groups is 1. The van der Waals surface area contributed by atoms with Crippen LogP contribution in [0.3, 0.4) is 0 Å². The number of nitrogens with two attached hydrogens (primary N) is 1. The number of thiazole rings is 1. The van der Waals surface area contributed by atoms with Gasteiger partial charge in [0, 0.05) is 18.3 Å². The average molecular weight is 348 g/mol. The van der Waals surface area contributed by atoms with Crippen molar-refractivity contribution in [3.63, 3.8) is 0 Å². The molecule has 0 bridgehead atoms. The van der Waals surface area contributed by atoms with E-state index in [2.05, 4.69) is 15.2 Å². The standard InChI is InChI=1S/C17H24N4O2S/c1-21(2)15(12-5-4-6-13(9-12)23-3)10-19-17(22)14-11-24-16(20-14)7-8-18/h4-6,9,11,15H,7-8,10,18H2,1-3H3,(H,19,22). The molecule has 7 heteroatoms. The highest BCUT2D eigenvalue weighted by molar-refractivity contribution is 7.09. The number of methoxy groups -OCH3 is 1. The number of benzene rings is 1. The second kappa shape index (κ2) is 8.77. The van der Waals surface area contributed by atoms with Crippen molar-refractivity contribution in [2.75, 3.05) is 34.3 Å². The summed E-state index contributed by atoms with van der Waals surface area (Å²) in [4.78, 5) is 18.7. The third kappa shape index (κ3) is 4.77. The number of rotatable bonds is 8. The minimum Gasteiger partial charge on any atom is -0.497 e. The van der Waals surface area contributed by atoms with E-state index in [0.29, 0.717) is 25.2 Å². The van der Waals surface area contributed by atoms with Crippen LogP contribution in [-0.2, 0) is 6.42 Å². The van der Waals surface area contributed by atoms with Gasteiger partial charge < -0.3 is 20.7 Å². The Morgan fingerprint density at radius 1 is 1.46 bits per heavy atom. The van der Waals surface area contributed by atoms with Crippen LogP contribution in [-0.4, -0.2) is 50.1 Å². The molecule has 0 saturated carbocycles. The van der Waals surface area contributed by atoms with Gasteiger partial charge in [-0.2, -0.15) is 0 Å². The van der Waals surface area contributed by atoms with Crippen molar-refractivity contribution in [3.05, 3.63) is 45.9 Å². The van der Waals surface area contributed by atoms with Crippen LogP contribution in [0.25, 0.3) is 0 Å². The first-order chi connectivity index (χ1) is 11.5. The van der Waals surface area contributed by atoms with Crippen molar-refractivity contribution in [1.29, 1.82) is 0 Å². The number of aromatic nitrogens is 1. The van der Waals surface area contributed by atoms with Crippen LogP contribution in [0, 0.1) is 0 Å². The van der Waals surface area contributed by atoms with E-state index in [-0.39, 0.29) is 11.9 Å². The Morgan fingerprint density at radius 3 is 2.92 bits per heavy atom. The molecule has 6 nitrogen and oxygen atoms in total. The Bertz CT molecular complexity index is 672. The normalized spacial score (nSPS) is 12.2. The van der Waals surface area contributed by atoms with Crippen LogP contribution >= 0.6 is 11.3 Å². The fourth-order valence-corrected chi connectivity index (χ4v) is 3.17. The van der Waals surface area contributed by atoms with Crippen LogP contribution in [0.1, 0.15) is 27.1 Å². The highest BCUT2D eigenvalue weighted by atomic mass is 32.1. The third-order valence-corrected chi connectivity index (χ3v) is 4.61. The number of carbonyl (C=O) groups excluding carboxylic acids is 1. The summed E-state index contributed by atoms with van der Waals surface area (Å²) in [5, 5.41) is 5.63. The largest absolute Gasteiger partial charge is 0.497 e. The van der Waals surface area contributed by atoms with Gasteiger partial charge >= 0.3 is 0 Å². The van der Waals surface area contributed by atoms with Crippen molar-refractivity contribution in [1.82, 2.24) is 15.2 Å². The summed E-state index contributed by atoms with van der Waals surface area (Å²) in [6, 6.07) is 7.92. The average Bonchev–Trinajstić information content (AvgIpc) is 3.04. The molecule has 0 aliphatic rings. The van der Waals surface area contributed by atoms with Crippen molar-refractivity contribution in [3.8, 4) is 5.75 Å².